The van der Waals surface area contributed by atoms with Gasteiger partial charge in [-0.1, -0.05) is 34.1 Å². The molecule has 2 heterocycles. The lowest BCUT2D eigenvalue weighted by atomic mass is 9.94. The summed E-state index contributed by atoms with van der Waals surface area (Å²) in [7, 11) is 1.56. The summed E-state index contributed by atoms with van der Waals surface area (Å²) in [6, 6.07) is 11.8. The fourth-order valence-corrected chi connectivity index (χ4v) is 4.43. The van der Waals surface area contributed by atoms with Gasteiger partial charge in [0.15, 0.2) is 0 Å². The van der Waals surface area contributed by atoms with Crippen LogP contribution in [-0.4, -0.2) is 48.1 Å². The van der Waals surface area contributed by atoms with Crippen LogP contribution in [-0.2, 0) is 14.3 Å². The van der Waals surface area contributed by atoms with Gasteiger partial charge in [-0.3, -0.25) is 9.59 Å². The number of hydrogen-bond donors (Lipinski definition) is 1. The van der Waals surface area contributed by atoms with Crippen LogP contribution in [0.15, 0.2) is 52.5 Å². The lowest BCUT2D eigenvalue weighted by Gasteiger charge is -2.27. The van der Waals surface area contributed by atoms with Crippen molar-refractivity contribution in [2.45, 2.75) is 31.9 Å². The van der Waals surface area contributed by atoms with Crippen LogP contribution in [0.4, 0.5) is 0 Å². The lowest BCUT2D eigenvalue weighted by molar-refractivity contribution is -0.140. The van der Waals surface area contributed by atoms with E-state index in [1.54, 1.807) is 31.4 Å². The molecular formula is C24H24BrNO5. The summed E-state index contributed by atoms with van der Waals surface area (Å²) in [6.45, 7) is 2.84. The topological polar surface area (TPSA) is 76.1 Å². The molecular weight excluding hydrogens is 462 g/mol. The van der Waals surface area contributed by atoms with E-state index in [0.29, 0.717) is 30.0 Å². The maximum atomic E-state index is 13.1. The second kappa shape index (κ2) is 8.85. The van der Waals surface area contributed by atoms with E-state index in [4.69, 9.17) is 9.47 Å². The number of benzene rings is 2. The first-order valence-corrected chi connectivity index (χ1v) is 11.0. The third kappa shape index (κ3) is 4.12. The van der Waals surface area contributed by atoms with Crippen molar-refractivity contribution in [2.75, 3.05) is 20.3 Å². The highest BCUT2D eigenvalue weighted by molar-refractivity contribution is 9.10. The lowest BCUT2D eigenvalue weighted by Crippen LogP contribution is -2.36. The van der Waals surface area contributed by atoms with Crippen molar-refractivity contribution in [3.8, 4) is 5.75 Å². The fraction of sp³-hybridized carbons (Fsp3) is 0.333. The van der Waals surface area contributed by atoms with E-state index < -0.39 is 17.7 Å². The maximum absolute atomic E-state index is 13.1. The number of aliphatic hydroxyl groups is 1. The zero-order chi connectivity index (χ0) is 22.1. The molecule has 2 aromatic carbocycles. The summed E-state index contributed by atoms with van der Waals surface area (Å²) < 4.78 is 12.0. The van der Waals surface area contributed by atoms with Crippen LogP contribution in [0, 0.1) is 6.92 Å². The first-order valence-electron chi connectivity index (χ1n) is 10.2. The molecule has 0 spiro atoms. The van der Waals surface area contributed by atoms with Crippen molar-refractivity contribution < 1.29 is 24.2 Å². The molecule has 0 radical (unpaired) electrons. The number of nitrogens with zero attached hydrogens (tertiary/aromatic N) is 1. The Labute approximate surface area is 189 Å². The van der Waals surface area contributed by atoms with Gasteiger partial charge in [0.2, 0.25) is 0 Å². The average molecular weight is 486 g/mol. The Bertz CT molecular complexity index is 1060. The number of halogens is 1. The van der Waals surface area contributed by atoms with E-state index in [9.17, 15) is 14.7 Å². The van der Waals surface area contributed by atoms with Crippen molar-refractivity contribution in [1.29, 1.82) is 0 Å². The highest BCUT2D eigenvalue weighted by Gasteiger charge is 2.47. The monoisotopic (exact) mass is 485 g/mol. The Morgan fingerprint density at radius 2 is 2.06 bits per heavy atom. The summed E-state index contributed by atoms with van der Waals surface area (Å²) in [5.41, 5.74) is 2.18. The predicted molar refractivity (Wildman–Crippen MR) is 120 cm³/mol. The molecule has 162 valence electrons. The number of likely N-dealkylation sites (tertiary alicyclic amines) is 1. The Hall–Kier alpha value is -2.64. The van der Waals surface area contributed by atoms with Crippen LogP contribution >= 0.6 is 15.9 Å². The van der Waals surface area contributed by atoms with Crippen molar-refractivity contribution in [3.05, 3.63) is 69.2 Å². The van der Waals surface area contributed by atoms with Crippen LogP contribution < -0.4 is 4.74 Å². The van der Waals surface area contributed by atoms with Crippen molar-refractivity contribution in [1.82, 2.24) is 4.90 Å². The van der Waals surface area contributed by atoms with E-state index in [2.05, 4.69) is 15.9 Å². The van der Waals surface area contributed by atoms with Crippen LogP contribution in [0.1, 0.15) is 35.6 Å². The third-order valence-corrected chi connectivity index (χ3v) is 6.69. The van der Waals surface area contributed by atoms with Crippen molar-refractivity contribution >= 4 is 33.4 Å². The first-order chi connectivity index (χ1) is 14.9. The standard InChI is InChI=1S/C24H24BrNO5/c1-14-11-16(8-9-19(14)25)22(27)20-21(15-5-3-6-17(12-15)30-2)26(24(29)23(20)28)13-18-7-4-10-31-18/h3,5-6,8-9,11-12,18,21,27H,4,7,10,13H2,1-2H3/b22-20-. The van der Waals surface area contributed by atoms with E-state index in [1.807, 2.05) is 25.1 Å². The van der Waals surface area contributed by atoms with Crippen LogP contribution in [0.5, 0.6) is 5.75 Å². The van der Waals surface area contributed by atoms with Crippen LogP contribution in [0.2, 0.25) is 0 Å². The molecule has 6 nitrogen and oxygen atoms in total. The van der Waals surface area contributed by atoms with Gasteiger partial charge >= 0.3 is 0 Å². The molecule has 2 atom stereocenters. The van der Waals surface area contributed by atoms with E-state index >= 15 is 0 Å². The summed E-state index contributed by atoms with van der Waals surface area (Å²) >= 11 is 3.45. The second-order valence-corrected chi connectivity index (χ2v) is 8.68. The molecule has 0 aliphatic carbocycles. The maximum Gasteiger partial charge on any atom is 0.295 e. The molecule has 4 rings (SSSR count). The zero-order valence-corrected chi connectivity index (χ0v) is 19.0. The number of Topliss-reactive ketones (excluding diaryl/α,β-unsaturated/α-hetero) is 1. The van der Waals surface area contributed by atoms with Gasteiger partial charge in [0.25, 0.3) is 11.7 Å². The fourth-order valence-electron chi connectivity index (χ4n) is 4.18. The summed E-state index contributed by atoms with van der Waals surface area (Å²) in [4.78, 5) is 27.7. The smallest absolute Gasteiger partial charge is 0.295 e. The van der Waals surface area contributed by atoms with Gasteiger partial charge in [0.1, 0.15) is 11.5 Å². The van der Waals surface area contributed by atoms with Gasteiger partial charge in [-0.05, 0) is 55.2 Å². The number of aliphatic hydroxyl groups excluding tert-OH is 1. The SMILES string of the molecule is COc1cccc(C2/C(=C(/O)c3ccc(Br)c(C)c3)C(=O)C(=O)N2CC2CCCO2)c1. The van der Waals surface area contributed by atoms with Gasteiger partial charge in [0, 0.05) is 23.2 Å². The number of ketones is 1. The summed E-state index contributed by atoms with van der Waals surface area (Å²) in [6.07, 6.45) is 1.64. The van der Waals surface area contributed by atoms with Gasteiger partial charge < -0.3 is 19.5 Å². The number of rotatable bonds is 5. The predicted octanol–water partition coefficient (Wildman–Crippen LogP) is 4.37. The third-order valence-electron chi connectivity index (χ3n) is 5.81. The number of carbonyl (C=O) groups excluding carboxylic acids is 2. The molecule has 0 bridgehead atoms. The normalized spacial score (nSPS) is 22.9. The van der Waals surface area contributed by atoms with Crippen molar-refractivity contribution in [2.24, 2.45) is 0 Å². The molecule has 1 amide bonds. The van der Waals surface area contributed by atoms with Crippen LogP contribution in [0.25, 0.3) is 5.76 Å². The number of carbonyl (C=O) groups is 2. The molecule has 2 saturated heterocycles. The average Bonchev–Trinajstić information content (AvgIpc) is 3.37. The Morgan fingerprint density at radius 1 is 1.26 bits per heavy atom. The highest BCUT2D eigenvalue weighted by Crippen LogP contribution is 2.41. The highest BCUT2D eigenvalue weighted by atomic mass is 79.9. The van der Waals surface area contributed by atoms with E-state index in [0.717, 1.165) is 22.9 Å². The molecule has 2 aliphatic rings. The molecule has 0 aromatic heterocycles. The number of hydrogen-bond acceptors (Lipinski definition) is 5. The summed E-state index contributed by atoms with van der Waals surface area (Å²) in [5, 5.41) is 11.2. The number of ether oxygens (including phenoxy) is 2. The molecule has 7 heteroatoms. The molecule has 2 fully saturated rings. The number of aryl methyl sites for hydroxylation is 1. The summed E-state index contributed by atoms with van der Waals surface area (Å²) in [5.74, 6) is -0.890. The molecule has 31 heavy (non-hydrogen) atoms. The molecule has 2 aliphatic heterocycles. The van der Waals surface area contributed by atoms with Crippen LogP contribution in [0.3, 0.4) is 0 Å². The minimum absolute atomic E-state index is 0.0815. The molecule has 0 saturated carbocycles. The first kappa shape index (κ1) is 21.6. The van der Waals surface area contributed by atoms with E-state index in [1.165, 1.54) is 4.90 Å². The van der Waals surface area contributed by atoms with E-state index in [-0.39, 0.29) is 17.4 Å². The minimum Gasteiger partial charge on any atom is -0.507 e. The molecule has 1 N–H and O–H groups in total. The Kier molecular flexibility index (Phi) is 6.16. The number of methoxy groups -OCH3 is 1. The zero-order valence-electron chi connectivity index (χ0n) is 17.4. The van der Waals surface area contributed by atoms with Gasteiger partial charge in [0.05, 0.1) is 24.8 Å². The van der Waals surface area contributed by atoms with Gasteiger partial charge in [-0.25, -0.2) is 0 Å². The van der Waals surface area contributed by atoms with Gasteiger partial charge in [-0.2, -0.15) is 0 Å². The molecule has 2 unspecified atom stereocenters. The Morgan fingerprint density at radius 3 is 2.74 bits per heavy atom. The van der Waals surface area contributed by atoms with Crippen molar-refractivity contribution in [3.63, 3.8) is 0 Å². The quantitative estimate of drug-likeness (QED) is 0.386. The minimum atomic E-state index is -0.719. The Balaban J connectivity index is 1.85. The largest absolute Gasteiger partial charge is 0.507 e. The second-order valence-electron chi connectivity index (χ2n) is 7.83. The van der Waals surface area contributed by atoms with Gasteiger partial charge in [-0.15, -0.1) is 0 Å². The number of amides is 1. The molecule has 2 aromatic rings.